The van der Waals surface area contributed by atoms with Crippen LogP contribution in [0.2, 0.25) is 0 Å². The van der Waals surface area contributed by atoms with Gasteiger partial charge in [0.15, 0.2) is 0 Å². The Labute approximate surface area is 156 Å². The maximum Gasteiger partial charge on any atom is 0.277 e. The smallest absolute Gasteiger partial charge is 0.277 e. The van der Waals surface area contributed by atoms with Gasteiger partial charge in [-0.3, -0.25) is 10.1 Å². The summed E-state index contributed by atoms with van der Waals surface area (Å²) >= 11 is 0. The van der Waals surface area contributed by atoms with Gasteiger partial charge in [0.05, 0.1) is 10.5 Å². The van der Waals surface area contributed by atoms with Crippen molar-refractivity contribution < 1.29 is 4.92 Å². The molecular weight excluding hydrogens is 324 g/mol. The van der Waals surface area contributed by atoms with Gasteiger partial charge in [0.1, 0.15) is 0 Å². The molecular formula is C22H30N2O2. The van der Waals surface area contributed by atoms with Crippen molar-refractivity contribution in [2.45, 2.75) is 68.9 Å². The van der Waals surface area contributed by atoms with E-state index in [1.54, 1.807) is 0 Å². The van der Waals surface area contributed by atoms with Crippen LogP contribution in [0.4, 0.5) is 11.4 Å². The van der Waals surface area contributed by atoms with E-state index in [1.807, 2.05) is 27.7 Å². The van der Waals surface area contributed by atoms with Crippen molar-refractivity contribution in [3.05, 3.63) is 65.7 Å². The number of nitrogens with zero attached hydrogens (tertiary/aromatic N) is 1. The third-order valence-corrected chi connectivity index (χ3v) is 6.37. The monoisotopic (exact) mass is 354 g/mol. The number of hydrogen-bond acceptors (Lipinski definition) is 3. The zero-order valence-corrected chi connectivity index (χ0v) is 17.5. The fraction of sp³-hybridized carbons (Fsp3) is 0.455. The molecule has 2 aromatic carbocycles. The first-order chi connectivity index (χ1) is 12.0. The Hall–Kier alpha value is -2.36. The summed E-state index contributed by atoms with van der Waals surface area (Å²) in [5.74, 6) is 0. The quantitative estimate of drug-likeness (QED) is 0.542. The Morgan fingerprint density at radius 1 is 0.654 bits per heavy atom. The van der Waals surface area contributed by atoms with E-state index in [2.05, 4.69) is 39.9 Å². The standard InChI is InChI=1S/C22H30N2O2/c1-11-12(2)15(5)20(16(6)13(11)3)10-23-21-17(7)14(4)18(8)22(19(21)9)24(25)26/h23H,10H2,1-9H3. The lowest BCUT2D eigenvalue weighted by Crippen LogP contribution is -2.11. The molecule has 0 aliphatic carbocycles. The minimum Gasteiger partial charge on any atom is -0.380 e. The number of anilines is 1. The van der Waals surface area contributed by atoms with Crippen LogP contribution in [0.25, 0.3) is 0 Å². The molecule has 0 amide bonds. The molecule has 0 saturated carbocycles. The van der Waals surface area contributed by atoms with Gasteiger partial charge < -0.3 is 5.32 Å². The molecule has 4 nitrogen and oxygen atoms in total. The van der Waals surface area contributed by atoms with Gasteiger partial charge in [-0.1, -0.05) is 0 Å². The van der Waals surface area contributed by atoms with Gasteiger partial charge in [-0.25, -0.2) is 0 Å². The largest absolute Gasteiger partial charge is 0.380 e. The third kappa shape index (κ3) is 3.09. The summed E-state index contributed by atoms with van der Waals surface area (Å²) < 4.78 is 0. The molecule has 0 aliphatic heterocycles. The lowest BCUT2D eigenvalue weighted by Gasteiger charge is -2.22. The normalized spacial score (nSPS) is 11.0. The van der Waals surface area contributed by atoms with E-state index in [0.29, 0.717) is 12.1 Å². The van der Waals surface area contributed by atoms with Gasteiger partial charge in [0.2, 0.25) is 0 Å². The highest BCUT2D eigenvalue weighted by Gasteiger charge is 2.23. The first-order valence-corrected chi connectivity index (χ1v) is 9.05. The fourth-order valence-corrected chi connectivity index (χ4v) is 3.89. The molecule has 0 aliphatic rings. The van der Waals surface area contributed by atoms with Gasteiger partial charge in [-0.15, -0.1) is 0 Å². The average Bonchev–Trinajstić information content (AvgIpc) is 2.58. The van der Waals surface area contributed by atoms with Gasteiger partial charge in [-0.2, -0.15) is 0 Å². The summed E-state index contributed by atoms with van der Waals surface area (Å²) in [5, 5.41) is 15.1. The maximum atomic E-state index is 11.5. The highest BCUT2D eigenvalue weighted by Crippen LogP contribution is 2.36. The van der Waals surface area contributed by atoms with Crippen molar-refractivity contribution in [2.75, 3.05) is 5.32 Å². The molecule has 0 aromatic heterocycles. The van der Waals surface area contributed by atoms with E-state index in [1.165, 1.54) is 33.4 Å². The molecule has 0 fully saturated rings. The first-order valence-electron chi connectivity index (χ1n) is 9.05. The van der Waals surface area contributed by atoms with Gasteiger partial charge >= 0.3 is 0 Å². The van der Waals surface area contributed by atoms with Crippen LogP contribution in [-0.2, 0) is 6.54 Å². The van der Waals surface area contributed by atoms with Crippen molar-refractivity contribution >= 4 is 11.4 Å². The molecule has 0 saturated heterocycles. The molecule has 0 heterocycles. The lowest BCUT2D eigenvalue weighted by atomic mass is 9.89. The topological polar surface area (TPSA) is 55.2 Å². The molecule has 0 spiro atoms. The Balaban J connectivity index is 2.54. The predicted octanol–water partition coefficient (Wildman–Crippen LogP) is 5.98. The Bertz CT molecular complexity index is 883. The third-order valence-electron chi connectivity index (χ3n) is 6.37. The van der Waals surface area contributed by atoms with Crippen LogP contribution >= 0.6 is 0 Å². The van der Waals surface area contributed by atoms with Gasteiger partial charge in [0, 0.05) is 17.8 Å². The highest BCUT2D eigenvalue weighted by molar-refractivity contribution is 5.70. The van der Waals surface area contributed by atoms with Crippen molar-refractivity contribution in [1.82, 2.24) is 0 Å². The molecule has 0 bridgehead atoms. The van der Waals surface area contributed by atoms with E-state index < -0.39 is 0 Å². The van der Waals surface area contributed by atoms with Crippen molar-refractivity contribution in [1.29, 1.82) is 0 Å². The van der Waals surface area contributed by atoms with Crippen molar-refractivity contribution in [2.24, 2.45) is 0 Å². The zero-order valence-electron chi connectivity index (χ0n) is 17.5. The molecule has 2 rings (SSSR count). The van der Waals surface area contributed by atoms with Crippen LogP contribution in [0.15, 0.2) is 0 Å². The summed E-state index contributed by atoms with van der Waals surface area (Å²) in [6.07, 6.45) is 0. The van der Waals surface area contributed by atoms with Gasteiger partial charge in [0.25, 0.3) is 5.69 Å². The zero-order chi connectivity index (χ0) is 19.9. The Morgan fingerprint density at radius 2 is 1.08 bits per heavy atom. The van der Waals surface area contributed by atoms with Crippen molar-refractivity contribution in [3.8, 4) is 0 Å². The Kier molecular flexibility index (Phi) is 5.45. The van der Waals surface area contributed by atoms with Crippen LogP contribution < -0.4 is 5.32 Å². The van der Waals surface area contributed by atoms with Crippen LogP contribution in [0.3, 0.4) is 0 Å². The number of rotatable bonds is 4. The predicted molar refractivity (Wildman–Crippen MR) is 109 cm³/mol. The summed E-state index contributed by atoms with van der Waals surface area (Å²) in [4.78, 5) is 11.3. The number of nitrogens with one attached hydrogen (secondary N) is 1. The van der Waals surface area contributed by atoms with Crippen molar-refractivity contribution in [3.63, 3.8) is 0 Å². The maximum absolute atomic E-state index is 11.5. The minimum atomic E-state index is -0.265. The SMILES string of the molecule is Cc1c(C)c(C)c(CNc2c(C)c(C)c(C)c([N+](=O)[O-])c2C)c(C)c1C. The number of hydrogen-bond donors (Lipinski definition) is 1. The molecule has 26 heavy (non-hydrogen) atoms. The summed E-state index contributed by atoms with van der Waals surface area (Å²) in [7, 11) is 0. The number of nitro groups is 1. The average molecular weight is 354 g/mol. The summed E-state index contributed by atoms with van der Waals surface area (Å²) in [5.41, 5.74) is 12.5. The van der Waals surface area contributed by atoms with Crippen LogP contribution in [0.5, 0.6) is 0 Å². The molecule has 4 heteroatoms. The second-order valence-corrected chi connectivity index (χ2v) is 7.44. The summed E-state index contributed by atoms with van der Waals surface area (Å²) in [6, 6.07) is 0. The second-order valence-electron chi connectivity index (χ2n) is 7.44. The van der Waals surface area contributed by atoms with Crippen LogP contribution in [0, 0.1) is 72.4 Å². The molecule has 2 aromatic rings. The molecule has 0 radical (unpaired) electrons. The fourth-order valence-electron chi connectivity index (χ4n) is 3.89. The van der Waals surface area contributed by atoms with Crippen LogP contribution in [-0.4, -0.2) is 4.92 Å². The first kappa shape index (κ1) is 20.0. The highest BCUT2D eigenvalue weighted by atomic mass is 16.6. The van der Waals surface area contributed by atoms with E-state index in [9.17, 15) is 10.1 Å². The molecule has 140 valence electrons. The second kappa shape index (κ2) is 7.10. The van der Waals surface area contributed by atoms with Crippen LogP contribution in [0.1, 0.15) is 55.6 Å². The minimum absolute atomic E-state index is 0.223. The number of benzene rings is 2. The molecule has 0 unspecified atom stereocenters. The van der Waals surface area contributed by atoms with E-state index >= 15 is 0 Å². The number of nitro benzene ring substituents is 1. The summed E-state index contributed by atoms with van der Waals surface area (Å²) in [6.45, 7) is 19.2. The molecule has 0 atom stereocenters. The Morgan fingerprint density at radius 3 is 1.54 bits per heavy atom. The molecule has 1 N–H and O–H groups in total. The van der Waals surface area contributed by atoms with E-state index in [4.69, 9.17) is 0 Å². The van der Waals surface area contributed by atoms with E-state index in [0.717, 1.165) is 22.4 Å². The lowest BCUT2D eigenvalue weighted by molar-refractivity contribution is -0.386. The van der Waals surface area contributed by atoms with Gasteiger partial charge in [-0.05, 0) is 107 Å². The van der Waals surface area contributed by atoms with E-state index in [-0.39, 0.29) is 10.6 Å².